The highest BCUT2D eigenvalue weighted by Crippen LogP contribution is 2.40. The molecule has 0 atom stereocenters. The predicted octanol–water partition coefficient (Wildman–Crippen LogP) is 12.1. The number of nitrogens with one attached hydrogen (secondary N) is 1. The van der Waals surface area contributed by atoms with Gasteiger partial charge in [-0.3, -0.25) is 62.8 Å². The van der Waals surface area contributed by atoms with Crippen LogP contribution in [-0.4, -0.2) is 217 Å². The highest BCUT2D eigenvalue weighted by Gasteiger charge is 2.41. The number of carbonyl (C=O) groups is 9. The first-order valence-electron chi connectivity index (χ1n) is 42.3. The van der Waals surface area contributed by atoms with Crippen molar-refractivity contribution in [3.8, 4) is 22.9 Å². The number of nitrogens with zero attached hydrogens (tertiary/aromatic N) is 15. The lowest BCUT2D eigenvalue weighted by Crippen LogP contribution is -2.44. The molecule has 135 heavy (non-hydrogen) atoms. The number of benzene rings is 8. The minimum atomic E-state index is -4.86. The van der Waals surface area contributed by atoms with Crippen molar-refractivity contribution in [1.29, 1.82) is 0 Å². The van der Waals surface area contributed by atoms with E-state index in [0.717, 1.165) is 33.3 Å². The minimum absolute atomic E-state index is 0.0132. The van der Waals surface area contributed by atoms with Crippen LogP contribution < -0.4 is 39.1 Å². The number of alkyl halides is 3. The number of hydrogen-bond donors (Lipinski definition) is 3. The maximum Gasteiger partial charge on any atom is 0.417 e. The molecule has 0 saturated carbocycles. The number of carbonyl (C=O) groups excluding carboxylic acids is 9. The molecule has 0 aliphatic carbocycles. The van der Waals surface area contributed by atoms with Gasteiger partial charge in [0.05, 0.1) is 95.5 Å². The van der Waals surface area contributed by atoms with Gasteiger partial charge in [0, 0.05) is 108 Å². The summed E-state index contributed by atoms with van der Waals surface area (Å²) >= 11 is 19.3. The SMILES string of the molecule is CCOCCNC(=O)CN1Cc2ccccc2N(C(=O)c2ccc(OCCO)cc2Cl)CC1=O.COCCOc1ccc(C(=O)N2CC(=O)N(Cc3nnc(C)o3)Cc3ccccc32)c(Cl)c1.Cc1nnc(CN2Cc3ccccc3N(C(=O)c3ccc(-n4cccc4)cc3Cl)CC2=O)o1.Cc1nnc(CN2Cc3ccccc3N(C(=O)c3ccc(OCCO)cc3C(F)(F)F)CC2=O)o1. The number of aliphatic hydroxyl groups is 2. The molecule has 704 valence electrons. The Balaban J connectivity index is 0.000000152. The first-order chi connectivity index (χ1) is 65.1. The van der Waals surface area contributed by atoms with Gasteiger partial charge in [-0.15, -0.1) is 30.6 Å². The minimum Gasteiger partial charge on any atom is -0.491 e. The fourth-order valence-corrected chi connectivity index (χ4v) is 15.5. The summed E-state index contributed by atoms with van der Waals surface area (Å²) in [6.07, 6.45) is -1.06. The van der Waals surface area contributed by atoms with E-state index in [4.69, 9.17) is 82.0 Å². The highest BCUT2D eigenvalue weighted by molar-refractivity contribution is 6.36. The first-order valence-corrected chi connectivity index (χ1v) is 43.4. The van der Waals surface area contributed by atoms with Crippen LogP contribution in [0.2, 0.25) is 15.1 Å². The number of amides is 9. The molecule has 0 unspecified atom stereocenters. The summed E-state index contributed by atoms with van der Waals surface area (Å²) in [6, 6.07) is 50.1. The van der Waals surface area contributed by atoms with Gasteiger partial charge in [0.15, 0.2) is 0 Å². The molecule has 4 aliphatic rings. The van der Waals surface area contributed by atoms with Gasteiger partial charge in [-0.05, 0) is 138 Å². The molecule has 8 aromatic carbocycles. The summed E-state index contributed by atoms with van der Waals surface area (Å²) in [5.41, 5.74) is 5.03. The first kappa shape index (κ1) is 98.1. The summed E-state index contributed by atoms with van der Waals surface area (Å²) < 4.78 is 85.9. The number of halogens is 6. The molecule has 3 N–H and O–H groups in total. The van der Waals surface area contributed by atoms with Crippen LogP contribution in [0.25, 0.3) is 5.69 Å². The largest absolute Gasteiger partial charge is 0.491 e. The second-order valence-corrected chi connectivity index (χ2v) is 31.7. The van der Waals surface area contributed by atoms with Crippen molar-refractivity contribution < 1.29 is 103 Å². The average Bonchev–Trinajstić information content (AvgIpc) is 1.77. The lowest BCUT2D eigenvalue weighted by Gasteiger charge is -2.24. The van der Waals surface area contributed by atoms with Crippen LogP contribution in [0.3, 0.4) is 0 Å². The normalized spacial score (nSPS) is 13.7. The number of anilines is 4. The molecule has 0 fully saturated rings. The fraction of sp³-hybridized carbons (Fsp3) is 0.287. The molecular formula is C94H92Cl3F3N16O19. The summed E-state index contributed by atoms with van der Waals surface area (Å²) in [5.74, 6) is -0.888. The van der Waals surface area contributed by atoms with Gasteiger partial charge in [-0.1, -0.05) is 108 Å². The number of ether oxygens (including phenoxy) is 5. The molecule has 12 aromatic rings. The molecule has 41 heteroatoms. The van der Waals surface area contributed by atoms with Crippen molar-refractivity contribution in [2.75, 3.05) is 119 Å². The van der Waals surface area contributed by atoms with Crippen molar-refractivity contribution in [1.82, 2.24) is 60.1 Å². The predicted molar refractivity (Wildman–Crippen MR) is 485 cm³/mol. The van der Waals surface area contributed by atoms with Crippen molar-refractivity contribution >= 4 is 111 Å². The number of hydrogen-bond acceptors (Lipinski definition) is 25. The topological polar surface area (TPSA) is 400 Å². The number of aryl methyl sites for hydroxylation is 3. The zero-order chi connectivity index (χ0) is 96.0. The van der Waals surface area contributed by atoms with Gasteiger partial charge in [-0.2, -0.15) is 13.2 Å². The number of fused-ring (bicyclic) bond motifs is 4. The summed E-state index contributed by atoms with van der Waals surface area (Å²) in [5, 5.41) is 44.5. The van der Waals surface area contributed by atoms with Crippen LogP contribution in [0.1, 0.15) is 112 Å². The van der Waals surface area contributed by atoms with Gasteiger partial charge in [-0.25, -0.2) is 0 Å². The Morgan fingerprint density at radius 1 is 0.422 bits per heavy atom. The van der Waals surface area contributed by atoms with Crippen LogP contribution in [0.4, 0.5) is 35.9 Å². The lowest BCUT2D eigenvalue weighted by molar-refractivity contribution is -0.138. The van der Waals surface area contributed by atoms with Crippen LogP contribution in [-0.2, 0) is 85.4 Å². The lowest BCUT2D eigenvalue weighted by atomic mass is 10.0. The summed E-state index contributed by atoms with van der Waals surface area (Å²) in [7, 11) is 1.59. The molecule has 16 rings (SSSR count). The maximum atomic E-state index is 13.9. The standard InChI is InChI=1S/C24H20ClN5O3.C24H28ClN3O6.C23H23ClN4O5.C23H21F3N4O5/c1-16-26-27-22(33-16)14-29-13-17-6-2-3-7-21(17)30(15-23(29)31)24(32)19-9-8-18(12-20(19)25)28-10-4-5-11-28;1-2-33-11-9-26-22(30)15-27-14-17-5-3-4-6-21(17)28(16-23(27)31)24(32)19-8-7-18(13-20(19)25)34-12-10-29;1-15-25-26-21(33-15)13-27-12-16-5-3-4-6-20(16)28(14-22(27)29)23(30)18-8-7-17(11-19(18)24)32-10-9-31-2;1-14-27-28-20(35-14)12-29-11-15-4-2-3-5-19(15)30(13-21(29)32)22(33)17-7-6-16(34-9-8-31)10-18(17)23(24,25)26/h2-12H,13-15H2,1H3;3-8,13,29H,2,9-12,14-16H2,1H3,(H,26,30);3-8,11H,9-10,12-14H2,1-2H3;2-7,10,31H,8-9,11-13H2,1H3. The highest BCUT2D eigenvalue weighted by atomic mass is 35.5. The number of aliphatic hydroxyl groups excluding tert-OH is 2. The van der Waals surface area contributed by atoms with E-state index in [0.29, 0.717) is 132 Å². The van der Waals surface area contributed by atoms with E-state index >= 15 is 0 Å². The number of rotatable bonds is 27. The van der Waals surface area contributed by atoms with Crippen molar-refractivity contribution in [3.63, 3.8) is 0 Å². The van der Waals surface area contributed by atoms with E-state index in [1.807, 2.05) is 103 Å². The Labute approximate surface area is 786 Å². The Morgan fingerprint density at radius 3 is 1.13 bits per heavy atom. The Bertz CT molecular complexity index is 6260. The Morgan fingerprint density at radius 2 is 0.770 bits per heavy atom. The van der Waals surface area contributed by atoms with Gasteiger partial charge < -0.3 is 76.6 Å². The molecule has 0 radical (unpaired) electrons. The number of methoxy groups -OCH3 is 1. The third-order valence-corrected chi connectivity index (χ3v) is 22.1. The van der Waals surface area contributed by atoms with Gasteiger partial charge in [0.1, 0.15) is 63.2 Å². The zero-order valence-electron chi connectivity index (χ0n) is 73.6. The molecule has 0 spiro atoms. The Kier molecular flexibility index (Phi) is 33.3. The van der Waals surface area contributed by atoms with Gasteiger partial charge in [0.2, 0.25) is 64.9 Å². The van der Waals surface area contributed by atoms with Crippen LogP contribution in [0, 0.1) is 20.8 Å². The monoisotopic (exact) mass is 1910 g/mol. The van der Waals surface area contributed by atoms with E-state index in [1.54, 1.807) is 110 Å². The van der Waals surface area contributed by atoms with Crippen LogP contribution in [0.5, 0.6) is 17.2 Å². The second-order valence-electron chi connectivity index (χ2n) is 30.5. The fourth-order valence-electron chi connectivity index (χ4n) is 14.8. The van der Waals surface area contributed by atoms with E-state index in [9.17, 15) is 56.3 Å². The molecule has 8 heterocycles. The average molecular weight is 1910 g/mol. The zero-order valence-corrected chi connectivity index (χ0v) is 75.9. The quantitative estimate of drug-likeness (QED) is 0.0402. The van der Waals surface area contributed by atoms with E-state index in [2.05, 4.69) is 35.9 Å². The van der Waals surface area contributed by atoms with Gasteiger partial charge >= 0.3 is 6.18 Å². The molecule has 0 bridgehead atoms. The number of para-hydroxylation sites is 4. The number of aromatic nitrogens is 7. The van der Waals surface area contributed by atoms with Crippen LogP contribution >= 0.6 is 34.8 Å². The van der Waals surface area contributed by atoms with Crippen molar-refractivity contribution in [2.45, 2.75) is 79.7 Å². The molecular weight excluding hydrogens is 1820 g/mol. The molecule has 0 saturated heterocycles. The smallest absolute Gasteiger partial charge is 0.417 e. The van der Waals surface area contributed by atoms with E-state index in [1.165, 1.54) is 42.7 Å². The van der Waals surface area contributed by atoms with E-state index in [-0.39, 0.29) is 154 Å². The van der Waals surface area contributed by atoms with E-state index < -0.39 is 41.6 Å². The molecule has 35 nitrogen and oxygen atoms in total. The second kappa shape index (κ2) is 45.8. The summed E-state index contributed by atoms with van der Waals surface area (Å²) in [4.78, 5) is 130. The molecule has 9 amide bonds. The van der Waals surface area contributed by atoms with Crippen molar-refractivity contribution in [3.05, 3.63) is 295 Å². The third kappa shape index (κ3) is 25.1. The summed E-state index contributed by atoms with van der Waals surface area (Å²) in [6.45, 7) is 8.46. The molecule has 4 aliphatic heterocycles. The molecule has 4 aromatic heterocycles. The van der Waals surface area contributed by atoms with Crippen molar-refractivity contribution in [2.24, 2.45) is 0 Å². The third-order valence-electron chi connectivity index (χ3n) is 21.2. The van der Waals surface area contributed by atoms with Crippen LogP contribution in [0.15, 0.2) is 208 Å². The Hall–Kier alpha value is -14.4. The van der Waals surface area contributed by atoms with Gasteiger partial charge in [0.25, 0.3) is 23.6 Å². The maximum absolute atomic E-state index is 13.9.